The van der Waals surface area contributed by atoms with Crippen LogP contribution in [0.4, 0.5) is 10.7 Å². The summed E-state index contributed by atoms with van der Waals surface area (Å²) in [6.45, 7) is 0. The topological polar surface area (TPSA) is 82.7 Å². The standard InChI is InChI=1S/C10H17N5OS/c1-17-10-13-8(14-15-10)12-9(16)11-7-5-3-2-4-6-7/h7H,2-6H2,1H3,(H3,11,12,13,14,15,16). The maximum atomic E-state index is 11.7. The van der Waals surface area contributed by atoms with Gasteiger partial charge in [0.2, 0.25) is 11.1 Å². The van der Waals surface area contributed by atoms with Crippen LogP contribution in [0.1, 0.15) is 32.1 Å². The van der Waals surface area contributed by atoms with Crippen molar-refractivity contribution in [3.63, 3.8) is 0 Å². The Bertz CT molecular complexity index is 375. The minimum absolute atomic E-state index is 0.208. The number of hydrogen-bond acceptors (Lipinski definition) is 4. The smallest absolute Gasteiger partial charge is 0.321 e. The first kappa shape index (κ1) is 12.2. The molecule has 1 aliphatic rings. The van der Waals surface area contributed by atoms with Crippen LogP contribution in [0.2, 0.25) is 0 Å². The number of hydrogen-bond donors (Lipinski definition) is 3. The molecule has 1 aromatic rings. The van der Waals surface area contributed by atoms with Crippen LogP contribution < -0.4 is 10.6 Å². The molecule has 1 fully saturated rings. The van der Waals surface area contributed by atoms with E-state index in [-0.39, 0.29) is 6.03 Å². The predicted octanol–water partition coefficient (Wildman–Crippen LogP) is 1.98. The van der Waals surface area contributed by atoms with Crippen molar-refractivity contribution in [1.82, 2.24) is 20.5 Å². The second-order valence-corrected chi connectivity index (χ2v) is 4.88. The second-order valence-electron chi connectivity index (χ2n) is 4.10. The van der Waals surface area contributed by atoms with Crippen LogP contribution in [-0.4, -0.2) is 33.5 Å². The second kappa shape index (κ2) is 5.90. The number of amides is 2. The van der Waals surface area contributed by atoms with Crippen molar-refractivity contribution in [3.8, 4) is 0 Å². The minimum atomic E-state index is -0.208. The van der Waals surface area contributed by atoms with E-state index in [4.69, 9.17) is 0 Å². The molecule has 0 aliphatic heterocycles. The van der Waals surface area contributed by atoms with Crippen LogP contribution in [-0.2, 0) is 0 Å². The van der Waals surface area contributed by atoms with Crippen LogP contribution in [0, 0.1) is 0 Å². The van der Waals surface area contributed by atoms with E-state index in [2.05, 4.69) is 25.8 Å². The van der Waals surface area contributed by atoms with Gasteiger partial charge in [-0.05, 0) is 19.1 Å². The Labute approximate surface area is 104 Å². The monoisotopic (exact) mass is 255 g/mol. The van der Waals surface area contributed by atoms with E-state index in [9.17, 15) is 4.79 Å². The van der Waals surface area contributed by atoms with Crippen LogP contribution >= 0.6 is 11.8 Å². The highest BCUT2D eigenvalue weighted by atomic mass is 32.2. The molecule has 3 N–H and O–H groups in total. The van der Waals surface area contributed by atoms with Crippen molar-refractivity contribution in [2.45, 2.75) is 43.3 Å². The first-order chi connectivity index (χ1) is 8.28. The van der Waals surface area contributed by atoms with Gasteiger partial charge in [-0.15, -0.1) is 5.10 Å². The Balaban J connectivity index is 1.79. The zero-order valence-corrected chi connectivity index (χ0v) is 10.6. The number of urea groups is 1. The van der Waals surface area contributed by atoms with Gasteiger partial charge in [0.05, 0.1) is 0 Å². The normalized spacial score (nSPS) is 16.8. The average molecular weight is 255 g/mol. The molecule has 0 radical (unpaired) electrons. The van der Waals surface area contributed by atoms with E-state index in [1.54, 1.807) is 0 Å². The Morgan fingerprint density at radius 1 is 1.41 bits per heavy atom. The molecular weight excluding hydrogens is 238 g/mol. The summed E-state index contributed by atoms with van der Waals surface area (Å²) in [5.74, 6) is 0.391. The Kier molecular flexibility index (Phi) is 4.24. The molecule has 17 heavy (non-hydrogen) atoms. The zero-order valence-electron chi connectivity index (χ0n) is 9.82. The Morgan fingerprint density at radius 2 is 2.18 bits per heavy atom. The molecule has 1 heterocycles. The highest BCUT2D eigenvalue weighted by molar-refractivity contribution is 7.98. The summed E-state index contributed by atoms with van der Waals surface area (Å²) in [4.78, 5) is 15.7. The zero-order chi connectivity index (χ0) is 12.1. The number of H-pyrrole nitrogens is 1. The number of aromatic amines is 1. The van der Waals surface area contributed by atoms with Gasteiger partial charge in [0.25, 0.3) is 0 Å². The lowest BCUT2D eigenvalue weighted by Gasteiger charge is -2.22. The molecule has 0 unspecified atom stereocenters. The summed E-state index contributed by atoms with van der Waals surface area (Å²) in [7, 11) is 0. The van der Waals surface area contributed by atoms with Crippen molar-refractivity contribution < 1.29 is 4.79 Å². The van der Waals surface area contributed by atoms with Crippen LogP contribution in [0.5, 0.6) is 0 Å². The molecular formula is C10H17N5OS. The molecule has 0 saturated heterocycles. The third-order valence-electron chi connectivity index (χ3n) is 2.82. The van der Waals surface area contributed by atoms with Crippen LogP contribution in [0.25, 0.3) is 0 Å². The summed E-state index contributed by atoms with van der Waals surface area (Å²) in [6.07, 6.45) is 7.70. The Morgan fingerprint density at radius 3 is 2.82 bits per heavy atom. The van der Waals surface area contributed by atoms with E-state index in [0.717, 1.165) is 12.8 Å². The third kappa shape index (κ3) is 3.62. The summed E-state index contributed by atoms with van der Waals surface area (Å²) in [5.41, 5.74) is 0. The average Bonchev–Trinajstić information content (AvgIpc) is 2.78. The number of thioether (sulfide) groups is 1. The number of anilines is 1. The summed E-state index contributed by atoms with van der Waals surface area (Å²) >= 11 is 1.43. The van der Waals surface area contributed by atoms with E-state index < -0.39 is 0 Å². The van der Waals surface area contributed by atoms with Gasteiger partial charge >= 0.3 is 6.03 Å². The molecule has 94 valence electrons. The van der Waals surface area contributed by atoms with E-state index in [1.165, 1.54) is 31.0 Å². The van der Waals surface area contributed by atoms with Gasteiger partial charge in [0, 0.05) is 6.04 Å². The lowest BCUT2D eigenvalue weighted by molar-refractivity contribution is 0.244. The maximum absolute atomic E-state index is 11.7. The summed E-state index contributed by atoms with van der Waals surface area (Å²) < 4.78 is 0. The van der Waals surface area contributed by atoms with Gasteiger partial charge in [0.1, 0.15) is 0 Å². The molecule has 0 aromatic carbocycles. The number of nitrogens with zero attached hydrogens (tertiary/aromatic N) is 2. The van der Waals surface area contributed by atoms with Crippen molar-refractivity contribution in [1.29, 1.82) is 0 Å². The lowest BCUT2D eigenvalue weighted by Crippen LogP contribution is -2.39. The number of carbonyl (C=O) groups excluding carboxylic acids is 1. The van der Waals surface area contributed by atoms with Gasteiger partial charge < -0.3 is 5.32 Å². The largest absolute Gasteiger partial charge is 0.335 e. The van der Waals surface area contributed by atoms with Gasteiger partial charge in [-0.3, -0.25) is 5.32 Å². The minimum Gasteiger partial charge on any atom is -0.335 e. The molecule has 7 heteroatoms. The fourth-order valence-corrected chi connectivity index (χ4v) is 2.29. The summed E-state index contributed by atoms with van der Waals surface area (Å²) in [5, 5.41) is 12.8. The van der Waals surface area contributed by atoms with Gasteiger partial charge in [-0.2, -0.15) is 4.98 Å². The number of aromatic nitrogens is 3. The molecule has 0 bridgehead atoms. The first-order valence-electron chi connectivity index (χ1n) is 5.82. The van der Waals surface area contributed by atoms with Crippen LogP contribution in [0.15, 0.2) is 5.16 Å². The first-order valence-corrected chi connectivity index (χ1v) is 7.04. The number of rotatable bonds is 3. The van der Waals surface area contributed by atoms with Crippen molar-refractivity contribution >= 4 is 23.7 Å². The Hall–Kier alpha value is -1.24. The highest BCUT2D eigenvalue weighted by Crippen LogP contribution is 2.17. The predicted molar refractivity (Wildman–Crippen MR) is 67.2 cm³/mol. The maximum Gasteiger partial charge on any atom is 0.321 e. The molecule has 2 rings (SSSR count). The molecule has 1 saturated carbocycles. The molecule has 0 atom stereocenters. The van der Waals surface area contributed by atoms with Gasteiger partial charge in [-0.1, -0.05) is 31.0 Å². The fraction of sp³-hybridized carbons (Fsp3) is 0.700. The van der Waals surface area contributed by atoms with Crippen molar-refractivity contribution in [2.24, 2.45) is 0 Å². The molecule has 1 aliphatic carbocycles. The third-order valence-corrected chi connectivity index (χ3v) is 3.37. The SMILES string of the molecule is CSc1n[nH]c(NC(=O)NC2CCCCC2)n1. The molecule has 6 nitrogen and oxygen atoms in total. The quantitative estimate of drug-likeness (QED) is 0.721. The van der Waals surface area contributed by atoms with Gasteiger partial charge in [-0.25, -0.2) is 9.89 Å². The van der Waals surface area contributed by atoms with Crippen LogP contribution in [0.3, 0.4) is 0 Å². The van der Waals surface area contributed by atoms with Gasteiger partial charge in [0.15, 0.2) is 0 Å². The number of carbonyl (C=O) groups is 1. The molecule has 1 aromatic heterocycles. The fourth-order valence-electron chi connectivity index (χ4n) is 1.97. The van der Waals surface area contributed by atoms with E-state index in [1.807, 2.05) is 6.26 Å². The molecule has 2 amide bonds. The highest BCUT2D eigenvalue weighted by Gasteiger charge is 2.16. The lowest BCUT2D eigenvalue weighted by atomic mass is 9.96. The summed E-state index contributed by atoms with van der Waals surface area (Å²) in [6, 6.07) is 0.0902. The van der Waals surface area contributed by atoms with E-state index in [0.29, 0.717) is 17.1 Å². The van der Waals surface area contributed by atoms with Crippen molar-refractivity contribution in [3.05, 3.63) is 0 Å². The number of nitrogens with one attached hydrogen (secondary N) is 3. The van der Waals surface area contributed by atoms with Crippen molar-refractivity contribution in [2.75, 3.05) is 11.6 Å². The molecule has 0 spiro atoms. The van der Waals surface area contributed by atoms with E-state index >= 15 is 0 Å².